The lowest BCUT2D eigenvalue weighted by Crippen LogP contribution is -2.30. The Kier molecular flexibility index (Phi) is 6.83. The first-order chi connectivity index (χ1) is 12.0. The van der Waals surface area contributed by atoms with Crippen molar-refractivity contribution in [2.24, 2.45) is 0 Å². The van der Waals surface area contributed by atoms with Gasteiger partial charge in [0.1, 0.15) is 5.75 Å². The van der Waals surface area contributed by atoms with E-state index in [4.69, 9.17) is 21.1 Å². The number of rotatable bonds is 7. The molecule has 132 valence electrons. The summed E-state index contributed by atoms with van der Waals surface area (Å²) in [4.78, 5) is 24.3. The lowest BCUT2D eigenvalue weighted by molar-refractivity contribution is -0.123. The Bertz CT molecular complexity index is 730. The molecule has 25 heavy (non-hydrogen) atoms. The lowest BCUT2D eigenvalue weighted by Gasteiger charge is -2.14. The molecule has 2 rings (SSSR count). The topological polar surface area (TPSA) is 64.6 Å². The summed E-state index contributed by atoms with van der Waals surface area (Å²) in [6, 6.07) is 13.4. The molecule has 0 heterocycles. The first-order valence-electron chi connectivity index (χ1n) is 8.00. The second-order valence-corrected chi connectivity index (χ2v) is 5.80. The van der Waals surface area contributed by atoms with Gasteiger partial charge < -0.3 is 14.8 Å². The summed E-state index contributed by atoms with van der Waals surface area (Å²) in [5, 5.41) is 3.04. The molecule has 2 aromatic carbocycles. The van der Waals surface area contributed by atoms with Crippen molar-refractivity contribution in [1.82, 2.24) is 0 Å². The fraction of sp³-hybridized carbons (Fsp3) is 0.263. The van der Waals surface area contributed by atoms with Crippen LogP contribution in [0.15, 0.2) is 48.5 Å². The highest BCUT2D eigenvalue weighted by Crippen LogP contribution is 2.21. The smallest absolute Gasteiger partial charge is 0.338 e. The molecular weight excluding hydrogens is 342 g/mol. The highest BCUT2D eigenvalue weighted by molar-refractivity contribution is 6.33. The normalized spacial score (nSPS) is 11.5. The number of anilines is 1. The zero-order valence-electron chi connectivity index (χ0n) is 14.1. The van der Waals surface area contributed by atoms with Crippen LogP contribution in [0.2, 0.25) is 5.02 Å². The predicted molar refractivity (Wildman–Crippen MR) is 97.2 cm³/mol. The van der Waals surface area contributed by atoms with Crippen molar-refractivity contribution in [3.05, 3.63) is 59.1 Å². The van der Waals surface area contributed by atoms with E-state index in [1.165, 1.54) is 6.92 Å². The van der Waals surface area contributed by atoms with Crippen molar-refractivity contribution in [2.75, 3.05) is 11.9 Å². The number of halogens is 1. The lowest BCUT2D eigenvalue weighted by atomic mass is 10.2. The monoisotopic (exact) mass is 361 g/mol. The second-order valence-electron chi connectivity index (χ2n) is 5.39. The Morgan fingerprint density at radius 2 is 1.80 bits per heavy atom. The molecule has 1 N–H and O–H groups in total. The number of hydrogen-bond donors (Lipinski definition) is 1. The van der Waals surface area contributed by atoms with Crippen LogP contribution >= 0.6 is 11.6 Å². The molecule has 0 spiro atoms. The van der Waals surface area contributed by atoms with Gasteiger partial charge in [-0.25, -0.2) is 4.79 Å². The summed E-state index contributed by atoms with van der Waals surface area (Å²) in [6.45, 7) is 4.13. The molecule has 0 unspecified atom stereocenters. The SMILES string of the molecule is CCCOc1ccc(C(=O)O[C@@H](C)C(=O)Nc2ccccc2Cl)cc1. The van der Waals surface area contributed by atoms with Crippen molar-refractivity contribution < 1.29 is 19.1 Å². The molecule has 0 saturated heterocycles. The number of ether oxygens (including phenoxy) is 2. The zero-order chi connectivity index (χ0) is 18.2. The van der Waals surface area contributed by atoms with Gasteiger partial charge in [0.25, 0.3) is 5.91 Å². The molecule has 1 amide bonds. The highest BCUT2D eigenvalue weighted by Gasteiger charge is 2.19. The van der Waals surface area contributed by atoms with Crippen molar-refractivity contribution in [3.8, 4) is 5.75 Å². The van der Waals surface area contributed by atoms with E-state index >= 15 is 0 Å². The average molecular weight is 362 g/mol. The van der Waals surface area contributed by atoms with Crippen LogP contribution in [0.5, 0.6) is 5.75 Å². The van der Waals surface area contributed by atoms with E-state index in [1.54, 1.807) is 48.5 Å². The van der Waals surface area contributed by atoms with Gasteiger partial charge in [0, 0.05) is 0 Å². The molecule has 0 aliphatic rings. The van der Waals surface area contributed by atoms with E-state index in [2.05, 4.69) is 5.32 Å². The molecule has 0 aliphatic heterocycles. The van der Waals surface area contributed by atoms with E-state index in [9.17, 15) is 9.59 Å². The highest BCUT2D eigenvalue weighted by atomic mass is 35.5. The summed E-state index contributed by atoms with van der Waals surface area (Å²) in [5.41, 5.74) is 0.815. The third-order valence-electron chi connectivity index (χ3n) is 3.35. The van der Waals surface area contributed by atoms with Crippen LogP contribution in [0.1, 0.15) is 30.6 Å². The number of esters is 1. The molecule has 6 heteroatoms. The zero-order valence-corrected chi connectivity index (χ0v) is 14.9. The van der Waals surface area contributed by atoms with E-state index < -0.39 is 18.0 Å². The third kappa shape index (κ3) is 5.50. The molecule has 5 nitrogen and oxygen atoms in total. The second kappa shape index (κ2) is 9.08. The van der Waals surface area contributed by atoms with Crippen molar-refractivity contribution in [2.45, 2.75) is 26.4 Å². The largest absolute Gasteiger partial charge is 0.494 e. The van der Waals surface area contributed by atoms with Crippen LogP contribution in [0.25, 0.3) is 0 Å². The third-order valence-corrected chi connectivity index (χ3v) is 3.68. The predicted octanol–water partition coefficient (Wildman–Crippen LogP) is 4.31. The molecule has 1 atom stereocenters. The van der Waals surface area contributed by atoms with Crippen LogP contribution in [0, 0.1) is 0 Å². The molecule has 0 fully saturated rings. The number of carbonyl (C=O) groups excluding carboxylic acids is 2. The van der Waals surface area contributed by atoms with Gasteiger partial charge in [0.05, 0.1) is 22.9 Å². The van der Waals surface area contributed by atoms with Gasteiger partial charge in [-0.3, -0.25) is 4.79 Å². The van der Waals surface area contributed by atoms with Crippen LogP contribution in [0.4, 0.5) is 5.69 Å². The van der Waals surface area contributed by atoms with Gasteiger partial charge >= 0.3 is 5.97 Å². The molecular formula is C19H20ClNO4. The Morgan fingerprint density at radius 1 is 1.12 bits per heavy atom. The molecule has 2 aromatic rings. The maximum Gasteiger partial charge on any atom is 0.338 e. The minimum Gasteiger partial charge on any atom is -0.494 e. The summed E-state index contributed by atoms with van der Waals surface area (Å²) >= 11 is 5.99. The van der Waals surface area contributed by atoms with E-state index in [0.717, 1.165) is 6.42 Å². The summed E-state index contributed by atoms with van der Waals surface area (Å²) in [7, 11) is 0. The summed E-state index contributed by atoms with van der Waals surface area (Å²) in [5.74, 6) is -0.351. The minimum atomic E-state index is -0.959. The van der Waals surface area contributed by atoms with Gasteiger partial charge in [0.2, 0.25) is 0 Å². The van der Waals surface area contributed by atoms with Gasteiger partial charge in [-0.15, -0.1) is 0 Å². The standard InChI is InChI=1S/C19H20ClNO4/c1-3-12-24-15-10-8-14(9-11-15)19(23)25-13(2)18(22)21-17-7-5-4-6-16(17)20/h4-11,13H,3,12H2,1-2H3,(H,21,22)/t13-/m0/s1. The Morgan fingerprint density at radius 3 is 2.44 bits per heavy atom. The van der Waals surface area contributed by atoms with Gasteiger partial charge in [-0.2, -0.15) is 0 Å². The Hall–Kier alpha value is -2.53. The van der Waals surface area contributed by atoms with Gasteiger partial charge in [0.15, 0.2) is 6.10 Å². The molecule has 0 bridgehead atoms. The summed E-state index contributed by atoms with van der Waals surface area (Å²) in [6.07, 6.45) is -0.0539. The number of nitrogens with one attached hydrogen (secondary N) is 1. The minimum absolute atomic E-state index is 0.348. The van der Waals surface area contributed by atoms with E-state index in [-0.39, 0.29) is 0 Å². The number of para-hydroxylation sites is 1. The van der Waals surface area contributed by atoms with Crippen molar-refractivity contribution in [1.29, 1.82) is 0 Å². The van der Waals surface area contributed by atoms with Crippen molar-refractivity contribution in [3.63, 3.8) is 0 Å². The average Bonchev–Trinajstić information content (AvgIpc) is 2.62. The summed E-state index contributed by atoms with van der Waals surface area (Å²) < 4.78 is 10.7. The Labute approximate surface area is 151 Å². The van der Waals surface area contributed by atoms with Gasteiger partial charge in [-0.05, 0) is 49.7 Å². The maximum atomic E-state index is 12.1. The van der Waals surface area contributed by atoms with Crippen molar-refractivity contribution >= 4 is 29.2 Å². The molecule has 0 aliphatic carbocycles. The molecule has 0 aromatic heterocycles. The number of carbonyl (C=O) groups is 2. The first-order valence-corrected chi connectivity index (χ1v) is 8.38. The first kappa shape index (κ1) is 18.8. The van der Waals surface area contributed by atoms with E-state index in [1.807, 2.05) is 6.92 Å². The molecule has 0 saturated carbocycles. The fourth-order valence-corrected chi connectivity index (χ4v) is 2.17. The Balaban J connectivity index is 1.92. The van der Waals surface area contributed by atoms with Gasteiger partial charge in [-0.1, -0.05) is 30.7 Å². The fourth-order valence-electron chi connectivity index (χ4n) is 1.99. The van der Waals surface area contributed by atoms with Crippen LogP contribution < -0.4 is 10.1 Å². The maximum absolute atomic E-state index is 12.1. The van der Waals surface area contributed by atoms with Crippen LogP contribution in [-0.4, -0.2) is 24.6 Å². The van der Waals surface area contributed by atoms with Crippen LogP contribution in [-0.2, 0) is 9.53 Å². The number of benzene rings is 2. The van der Waals surface area contributed by atoms with E-state index in [0.29, 0.717) is 28.6 Å². The number of amides is 1. The molecule has 0 radical (unpaired) electrons. The quantitative estimate of drug-likeness (QED) is 0.746. The van der Waals surface area contributed by atoms with Crippen LogP contribution in [0.3, 0.4) is 0 Å². The number of hydrogen-bond acceptors (Lipinski definition) is 4.